The van der Waals surface area contributed by atoms with Gasteiger partial charge in [0.05, 0.1) is 28.8 Å². The predicted octanol–water partition coefficient (Wildman–Crippen LogP) is 6.61. The normalized spacial score (nSPS) is 11.0. The van der Waals surface area contributed by atoms with Crippen LogP contribution in [0.25, 0.3) is 22.3 Å². The van der Waals surface area contributed by atoms with Crippen molar-refractivity contribution in [1.29, 1.82) is 0 Å². The highest BCUT2D eigenvalue weighted by atomic mass is 35.5. The summed E-state index contributed by atoms with van der Waals surface area (Å²) in [5.41, 5.74) is 5.57. The van der Waals surface area contributed by atoms with Gasteiger partial charge in [0.1, 0.15) is 11.6 Å². The topological polar surface area (TPSA) is 92.2 Å². The van der Waals surface area contributed by atoms with Crippen molar-refractivity contribution in [2.75, 3.05) is 6.54 Å². The van der Waals surface area contributed by atoms with Crippen molar-refractivity contribution in [3.05, 3.63) is 130 Å². The number of hydrogen-bond acceptors (Lipinski definition) is 4. The number of carbonyl (C=O) groups excluding carboxylic acids is 1. The van der Waals surface area contributed by atoms with Gasteiger partial charge in [-0.25, -0.2) is 18.7 Å². The Labute approximate surface area is 246 Å². The Balaban J connectivity index is 1.41. The van der Waals surface area contributed by atoms with Crippen LogP contribution in [0.2, 0.25) is 5.02 Å². The van der Waals surface area contributed by atoms with Gasteiger partial charge in [0.25, 0.3) is 5.91 Å². The van der Waals surface area contributed by atoms with Crippen LogP contribution < -0.4 is 5.32 Å². The maximum absolute atomic E-state index is 14.2. The Hall–Kier alpha value is -4.69. The standard InChI is InChI=1S/C33H26ClF2N3O3/c34-25-7-4-23(5-8-25)32-29(11-3-21-15-22(18-31(40)41)17-27(36)16-21)38-30-19-24(6-12-28(30)39-32)33(42)37-14-13-20-1-9-26(35)10-2-20/h1-2,4-10,12,15-17,19H,3,11,13-14,18H2,(H,37,42)(H,40,41). The Morgan fingerprint density at radius 2 is 1.48 bits per heavy atom. The largest absolute Gasteiger partial charge is 0.481 e. The van der Waals surface area contributed by atoms with Crippen molar-refractivity contribution in [2.24, 2.45) is 0 Å². The number of nitrogens with zero attached hydrogens (tertiary/aromatic N) is 2. The zero-order valence-electron chi connectivity index (χ0n) is 22.4. The molecule has 0 saturated carbocycles. The number of aromatic nitrogens is 2. The zero-order chi connectivity index (χ0) is 29.6. The lowest BCUT2D eigenvalue weighted by Gasteiger charge is -2.12. The van der Waals surface area contributed by atoms with Crippen molar-refractivity contribution < 1.29 is 23.5 Å². The van der Waals surface area contributed by atoms with Crippen molar-refractivity contribution in [3.8, 4) is 11.3 Å². The second-order valence-corrected chi connectivity index (χ2v) is 10.3. The molecule has 212 valence electrons. The van der Waals surface area contributed by atoms with E-state index in [1.165, 1.54) is 24.3 Å². The molecule has 0 atom stereocenters. The lowest BCUT2D eigenvalue weighted by atomic mass is 10.0. The quantitative estimate of drug-likeness (QED) is 0.192. The number of nitrogens with one attached hydrogen (secondary N) is 1. The van der Waals surface area contributed by atoms with E-state index in [1.807, 2.05) is 12.1 Å². The van der Waals surface area contributed by atoms with Crippen molar-refractivity contribution in [2.45, 2.75) is 25.7 Å². The van der Waals surface area contributed by atoms with Gasteiger partial charge in [-0.05, 0) is 90.6 Å². The van der Waals surface area contributed by atoms with Gasteiger partial charge in [0, 0.05) is 22.7 Å². The summed E-state index contributed by atoms with van der Waals surface area (Å²) in [4.78, 5) is 33.7. The molecule has 0 spiro atoms. The molecule has 9 heteroatoms. The number of carboxylic acids is 1. The van der Waals surface area contributed by atoms with Crippen LogP contribution in [0.1, 0.15) is 32.7 Å². The molecule has 4 aromatic carbocycles. The molecule has 5 aromatic rings. The molecule has 6 nitrogen and oxygen atoms in total. The summed E-state index contributed by atoms with van der Waals surface area (Å²) in [6, 6.07) is 22.7. The number of aryl methyl sites for hydroxylation is 2. The lowest BCUT2D eigenvalue weighted by Crippen LogP contribution is -2.25. The average Bonchev–Trinajstić information content (AvgIpc) is 2.96. The molecule has 1 heterocycles. The highest BCUT2D eigenvalue weighted by molar-refractivity contribution is 6.30. The molecule has 5 rings (SSSR count). The second-order valence-electron chi connectivity index (χ2n) is 9.90. The minimum atomic E-state index is -1.03. The summed E-state index contributed by atoms with van der Waals surface area (Å²) in [5, 5.41) is 12.6. The second kappa shape index (κ2) is 12.9. The Kier molecular flexibility index (Phi) is 8.83. The molecule has 0 aliphatic carbocycles. The zero-order valence-corrected chi connectivity index (χ0v) is 23.2. The summed E-state index contributed by atoms with van der Waals surface area (Å²) in [6.45, 7) is 0.381. The van der Waals surface area contributed by atoms with Crippen LogP contribution in [0, 0.1) is 11.6 Å². The number of rotatable bonds is 10. The number of benzene rings is 4. The summed E-state index contributed by atoms with van der Waals surface area (Å²) in [5.74, 6) is -2.11. The fourth-order valence-corrected chi connectivity index (χ4v) is 4.85. The van der Waals surface area contributed by atoms with Gasteiger partial charge in [-0.2, -0.15) is 0 Å². The summed E-state index contributed by atoms with van der Waals surface area (Å²) >= 11 is 6.10. The Bertz CT molecular complexity index is 1760. The number of halogens is 3. The van der Waals surface area contributed by atoms with E-state index in [2.05, 4.69) is 5.32 Å². The first-order chi connectivity index (χ1) is 20.2. The molecule has 0 unspecified atom stereocenters. The van der Waals surface area contributed by atoms with Crippen molar-refractivity contribution in [3.63, 3.8) is 0 Å². The number of carboxylic acid groups (broad SMARTS) is 1. The minimum Gasteiger partial charge on any atom is -0.481 e. The monoisotopic (exact) mass is 585 g/mol. The molecular formula is C33H26ClF2N3O3. The van der Waals surface area contributed by atoms with E-state index >= 15 is 0 Å². The van der Waals surface area contributed by atoms with Gasteiger partial charge >= 0.3 is 5.97 Å². The third-order valence-corrected chi connectivity index (χ3v) is 7.00. The number of fused-ring (bicyclic) bond motifs is 1. The number of amides is 1. The molecule has 1 amide bonds. The molecule has 0 aliphatic heterocycles. The maximum Gasteiger partial charge on any atom is 0.307 e. The van der Waals surface area contributed by atoms with Crippen LogP contribution in [0.5, 0.6) is 0 Å². The van der Waals surface area contributed by atoms with Gasteiger partial charge in [-0.15, -0.1) is 0 Å². The lowest BCUT2D eigenvalue weighted by molar-refractivity contribution is -0.136. The molecule has 1 aromatic heterocycles. The fourth-order valence-electron chi connectivity index (χ4n) is 4.72. The van der Waals surface area contributed by atoms with E-state index in [9.17, 15) is 18.4 Å². The fraction of sp³-hybridized carbons (Fsp3) is 0.152. The first-order valence-electron chi connectivity index (χ1n) is 13.3. The van der Waals surface area contributed by atoms with Gasteiger partial charge in [-0.3, -0.25) is 9.59 Å². The number of carbonyl (C=O) groups is 2. The van der Waals surface area contributed by atoms with E-state index in [1.54, 1.807) is 48.5 Å². The molecule has 2 N–H and O–H groups in total. The van der Waals surface area contributed by atoms with Crippen LogP contribution in [0.4, 0.5) is 8.78 Å². The van der Waals surface area contributed by atoms with Crippen molar-refractivity contribution in [1.82, 2.24) is 15.3 Å². The van der Waals surface area contributed by atoms with Crippen molar-refractivity contribution >= 4 is 34.5 Å². The van der Waals surface area contributed by atoms with Gasteiger partial charge in [0.15, 0.2) is 0 Å². The van der Waals surface area contributed by atoms with Crippen LogP contribution in [0.3, 0.4) is 0 Å². The third-order valence-electron chi connectivity index (χ3n) is 6.75. The van der Waals surface area contributed by atoms with Crippen LogP contribution in [-0.2, 0) is 30.5 Å². The Morgan fingerprint density at radius 1 is 0.738 bits per heavy atom. The van der Waals surface area contributed by atoms with Gasteiger partial charge < -0.3 is 10.4 Å². The summed E-state index contributed by atoms with van der Waals surface area (Å²) in [6.07, 6.45) is 1.08. The average molecular weight is 586 g/mol. The molecule has 0 fully saturated rings. The Morgan fingerprint density at radius 3 is 2.21 bits per heavy atom. The van der Waals surface area contributed by atoms with E-state index in [4.69, 9.17) is 26.7 Å². The summed E-state index contributed by atoms with van der Waals surface area (Å²) < 4.78 is 27.4. The highest BCUT2D eigenvalue weighted by Crippen LogP contribution is 2.27. The minimum absolute atomic E-state index is 0.269. The molecule has 0 aliphatic rings. The molecule has 42 heavy (non-hydrogen) atoms. The summed E-state index contributed by atoms with van der Waals surface area (Å²) in [7, 11) is 0. The van der Waals surface area contributed by atoms with E-state index in [0.717, 1.165) is 11.1 Å². The first-order valence-corrected chi connectivity index (χ1v) is 13.7. The predicted molar refractivity (Wildman–Crippen MR) is 158 cm³/mol. The van der Waals surface area contributed by atoms with Crippen LogP contribution >= 0.6 is 11.6 Å². The SMILES string of the molecule is O=C(O)Cc1cc(F)cc(CCc2nc3cc(C(=O)NCCc4ccc(F)cc4)ccc3nc2-c2ccc(Cl)cc2)c1. The smallest absolute Gasteiger partial charge is 0.307 e. The van der Waals surface area contributed by atoms with Gasteiger partial charge in [0.2, 0.25) is 0 Å². The third kappa shape index (κ3) is 7.33. The number of aliphatic carboxylic acids is 1. The van der Waals surface area contributed by atoms with E-state index < -0.39 is 11.8 Å². The van der Waals surface area contributed by atoms with Gasteiger partial charge in [-0.1, -0.05) is 41.9 Å². The van der Waals surface area contributed by atoms with Crippen LogP contribution in [-0.4, -0.2) is 33.5 Å². The molecular weight excluding hydrogens is 560 g/mol. The molecule has 0 bridgehead atoms. The molecule has 0 radical (unpaired) electrons. The van der Waals surface area contributed by atoms with E-state index in [0.29, 0.717) is 69.9 Å². The first kappa shape index (κ1) is 28.8. The maximum atomic E-state index is 14.2. The molecule has 0 saturated heterocycles. The van der Waals surface area contributed by atoms with E-state index in [-0.39, 0.29) is 18.1 Å². The highest BCUT2D eigenvalue weighted by Gasteiger charge is 2.15. The number of hydrogen-bond donors (Lipinski definition) is 2. The van der Waals surface area contributed by atoms with Crippen LogP contribution in [0.15, 0.2) is 84.9 Å².